The monoisotopic (exact) mass is 452 g/mol. The number of nitrogens with zero attached hydrogens (tertiary/aromatic N) is 4. The van der Waals surface area contributed by atoms with Gasteiger partial charge in [0.15, 0.2) is 16.1 Å². The smallest absolute Gasteiger partial charge is 0.287 e. The molecule has 0 spiro atoms. The summed E-state index contributed by atoms with van der Waals surface area (Å²) in [7, 11) is 1.78. The maximum atomic E-state index is 12.7. The number of fused-ring (bicyclic) bond motifs is 1. The molecule has 9 nitrogen and oxygen atoms in total. The Morgan fingerprint density at radius 1 is 1.40 bits per heavy atom. The summed E-state index contributed by atoms with van der Waals surface area (Å²) >= 11 is 7.49. The highest BCUT2D eigenvalue weighted by atomic mass is 35.5. The molecule has 2 aromatic rings. The summed E-state index contributed by atoms with van der Waals surface area (Å²) in [6, 6.07) is -0.151. The zero-order chi connectivity index (χ0) is 21.4. The molecule has 0 saturated carbocycles. The number of aromatic amines is 1. The van der Waals surface area contributed by atoms with Crippen molar-refractivity contribution >= 4 is 39.9 Å². The van der Waals surface area contributed by atoms with Crippen LogP contribution in [0.25, 0.3) is 0 Å². The lowest BCUT2D eigenvalue weighted by molar-refractivity contribution is 0.0271. The fraction of sp³-hybridized carbons (Fsp3) is 0.579. The van der Waals surface area contributed by atoms with Crippen molar-refractivity contribution in [3.8, 4) is 0 Å². The average Bonchev–Trinajstić information content (AvgIpc) is 3.38. The number of nitrogens with one attached hydrogen (secondary N) is 2. The van der Waals surface area contributed by atoms with Crippen molar-refractivity contribution < 1.29 is 14.3 Å². The first-order valence-corrected chi connectivity index (χ1v) is 11.3. The second kappa shape index (κ2) is 8.52. The van der Waals surface area contributed by atoms with Crippen molar-refractivity contribution in [2.45, 2.75) is 45.4 Å². The number of thiazole rings is 1. The summed E-state index contributed by atoms with van der Waals surface area (Å²) in [5.74, 6) is -0.0454. The zero-order valence-electron chi connectivity index (χ0n) is 17.2. The first kappa shape index (κ1) is 21.1. The van der Waals surface area contributed by atoms with Gasteiger partial charge in [-0.3, -0.25) is 9.59 Å². The Hall–Kier alpha value is -2.17. The highest BCUT2D eigenvalue weighted by molar-refractivity contribution is 7.17. The Bertz CT molecular complexity index is 960. The number of amides is 2. The molecular weight excluding hydrogens is 428 g/mol. The SMILES string of the molecule is CCOC1CN(c2nc3c(s2)C(=O)N(C)C3)CCC1NC(=O)c1nc(Cl)c(CC)[nH]1. The normalized spacial score (nSPS) is 21.3. The van der Waals surface area contributed by atoms with Crippen LogP contribution in [-0.4, -0.2) is 70.6 Å². The van der Waals surface area contributed by atoms with E-state index in [4.69, 9.17) is 16.3 Å². The van der Waals surface area contributed by atoms with Crippen LogP contribution >= 0.6 is 22.9 Å². The Morgan fingerprint density at radius 3 is 2.87 bits per heavy atom. The third-order valence-corrected chi connectivity index (χ3v) is 6.90. The molecule has 1 saturated heterocycles. The maximum absolute atomic E-state index is 12.7. The standard InChI is InChI=1S/C19H25ClN6O3S/c1-4-10-15(20)24-16(21-10)17(27)22-11-6-7-26(9-13(11)29-5-2)19-23-12-8-25(3)18(28)14(12)30-19/h11,13H,4-9H2,1-3H3,(H,21,24)(H,22,27). The number of anilines is 1. The number of imidazole rings is 1. The van der Waals surface area contributed by atoms with Crippen LogP contribution in [0.2, 0.25) is 5.15 Å². The molecule has 2 aromatic heterocycles. The molecule has 1 fully saturated rings. The van der Waals surface area contributed by atoms with Crippen molar-refractivity contribution in [2.24, 2.45) is 0 Å². The highest BCUT2D eigenvalue weighted by Gasteiger charge is 2.35. The third-order valence-electron chi connectivity index (χ3n) is 5.44. The molecule has 0 aromatic carbocycles. The predicted octanol–water partition coefficient (Wildman–Crippen LogP) is 2.08. The lowest BCUT2D eigenvalue weighted by Gasteiger charge is -2.38. The quantitative estimate of drug-likeness (QED) is 0.695. The second-order valence-electron chi connectivity index (χ2n) is 7.45. The lowest BCUT2D eigenvalue weighted by atomic mass is 10.0. The first-order valence-electron chi connectivity index (χ1n) is 10.1. The number of ether oxygens (including phenoxy) is 1. The van der Waals surface area contributed by atoms with Crippen LogP contribution < -0.4 is 10.2 Å². The number of hydrogen-bond donors (Lipinski definition) is 2. The molecule has 2 amide bonds. The molecule has 2 aliphatic rings. The summed E-state index contributed by atoms with van der Waals surface area (Å²) in [4.78, 5) is 41.2. The van der Waals surface area contributed by atoms with Gasteiger partial charge in [-0.2, -0.15) is 0 Å². The summed E-state index contributed by atoms with van der Waals surface area (Å²) in [5, 5.41) is 4.20. The number of rotatable bonds is 6. The Balaban J connectivity index is 1.44. The van der Waals surface area contributed by atoms with Gasteiger partial charge in [-0.25, -0.2) is 9.97 Å². The van der Waals surface area contributed by atoms with Gasteiger partial charge in [0.25, 0.3) is 11.8 Å². The van der Waals surface area contributed by atoms with Crippen molar-refractivity contribution in [1.29, 1.82) is 0 Å². The van der Waals surface area contributed by atoms with Gasteiger partial charge in [0, 0.05) is 26.7 Å². The molecule has 4 heterocycles. The van der Waals surface area contributed by atoms with E-state index in [-0.39, 0.29) is 29.8 Å². The van der Waals surface area contributed by atoms with Crippen LogP contribution in [0.1, 0.15) is 51.9 Å². The number of aromatic nitrogens is 3. The lowest BCUT2D eigenvalue weighted by Crippen LogP contribution is -2.55. The number of piperidine rings is 1. The van der Waals surface area contributed by atoms with E-state index in [9.17, 15) is 9.59 Å². The third kappa shape index (κ3) is 3.91. The molecule has 4 rings (SSSR count). The van der Waals surface area contributed by atoms with Gasteiger partial charge in [-0.15, -0.1) is 0 Å². The van der Waals surface area contributed by atoms with Crippen LogP contribution in [-0.2, 0) is 17.7 Å². The van der Waals surface area contributed by atoms with Gasteiger partial charge in [-0.1, -0.05) is 29.9 Å². The molecule has 0 bridgehead atoms. The van der Waals surface area contributed by atoms with Gasteiger partial charge in [0.1, 0.15) is 4.88 Å². The second-order valence-corrected chi connectivity index (χ2v) is 8.79. The maximum Gasteiger partial charge on any atom is 0.287 e. The van der Waals surface area contributed by atoms with Crippen molar-refractivity contribution in [3.05, 3.63) is 27.2 Å². The number of H-pyrrole nitrogens is 1. The molecule has 11 heteroatoms. The highest BCUT2D eigenvalue weighted by Crippen LogP contribution is 2.33. The Morgan fingerprint density at radius 2 is 2.20 bits per heavy atom. The molecule has 0 aliphatic carbocycles. The topological polar surface area (TPSA) is 103 Å². The zero-order valence-corrected chi connectivity index (χ0v) is 18.8. The molecule has 0 radical (unpaired) electrons. The number of aryl methyl sites for hydroxylation is 1. The van der Waals surface area contributed by atoms with E-state index in [2.05, 4.69) is 25.2 Å². The molecule has 162 valence electrons. The molecule has 2 atom stereocenters. The van der Waals surface area contributed by atoms with Crippen LogP contribution in [0.5, 0.6) is 0 Å². The van der Waals surface area contributed by atoms with Crippen LogP contribution in [0.4, 0.5) is 5.13 Å². The van der Waals surface area contributed by atoms with Crippen LogP contribution in [0.15, 0.2) is 0 Å². The summed E-state index contributed by atoms with van der Waals surface area (Å²) in [6.45, 7) is 6.27. The van der Waals surface area contributed by atoms with E-state index in [1.54, 1.807) is 11.9 Å². The molecule has 2 unspecified atom stereocenters. The van der Waals surface area contributed by atoms with E-state index < -0.39 is 0 Å². The number of hydrogen-bond acceptors (Lipinski definition) is 7. The molecule has 2 aliphatic heterocycles. The van der Waals surface area contributed by atoms with Gasteiger partial charge < -0.3 is 24.8 Å². The van der Waals surface area contributed by atoms with E-state index in [1.807, 2.05) is 13.8 Å². The van der Waals surface area contributed by atoms with E-state index in [1.165, 1.54) is 11.3 Å². The number of carbonyl (C=O) groups excluding carboxylic acids is 2. The summed E-state index contributed by atoms with van der Waals surface area (Å²) < 4.78 is 5.94. The van der Waals surface area contributed by atoms with Crippen LogP contribution in [0, 0.1) is 0 Å². The average molecular weight is 453 g/mol. The minimum atomic E-state index is -0.290. The molecular formula is C19H25ClN6O3S. The van der Waals surface area contributed by atoms with Gasteiger partial charge >= 0.3 is 0 Å². The number of halogens is 1. The molecule has 2 N–H and O–H groups in total. The van der Waals surface area contributed by atoms with Crippen molar-refractivity contribution in [1.82, 2.24) is 25.2 Å². The summed E-state index contributed by atoms with van der Waals surface area (Å²) in [5.41, 5.74) is 1.59. The predicted molar refractivity (Wildman–Crippen MR) is 114 cm³/mol. The fourth-order valence-electron chi connectivity index (χ4n) is 3.82. The van der Waals surface area contributed by atoms with Crippen molar-refractivity contribution in [2.75, 3.05) is 31.6 Å². The Labute approximate surface area is 183 Å². The minimum absolute atomic E-state index is 0.0285. The Kier molecular flexibility index (Phi) is 5.99. The van der Waals surface area contributed by atoms with E-state index in [0.717, 1.165) is 21.4 Å². The minimum Gasteiger partial charge on any atom is -0.375 e. The van der Waals surface area contributed by atoms with Gasteiger partial charge in [0.05, 0.1) is 30.1 Å². The largest absolute Gasteiger partial charge is 0.375 e. The van der Waals surface area contributed by atoms with Gasteiger partial charge in [0.2, 0.25) is 0 Å². The van der Waals surface area contributed by atoms with Crippen LogP contribution in [0.3, 0.4) is 0 Å². The number of carbonyl (C=O) groups is 2. The van der Waals surface area contributed by atoms with Gasteiger partial charge in [-0.05, 0) is 19.8 Å². The van der Waals surface area contributed by atoms with E-state index in [0.29, 0.717) is 44.2 Å². The molecule has 30 heavy (non-hydrogen) atoms. The summed E-state index contributed by atoms with van der Waals surface area (Å²) in [6.07, 6.45) is 1.18. The fourth-order valence-corrected chi connectivity index (χ4v) is 5.19. The van der Waals surface area contributed by atoms with E-state index >= 15 is 0 Å². The first-order chi connectivity index (χ1) is 14.4. The van der Waals surface area contributed by atoms with Crippen molar-refractivity contribution in [3.63, 3.8) is 0 Å².